The van der Waals surface area contributed by atoms with Crippen LogP contribution in [0.4, 0.5) is 10.1 Å². The summed E-state index contributed by atoms with van der Waals surface area (Å²) < 4.78 is 16.0. The lowest BCUT2D eigenvalue weighted by Crippen LogP contribution is -2.13. The van der Waals surface area contributed by atoms with Gasteiger partial charge in [0, 0.05) is 17.4 Å². The van der Waals surface area contributed by atoms with E-state index in [2.05, 4.69) is 26.3 Å². The highest BCUT2D eigenvalue weighted by Crippen LogP contribution is 2.17. The molecule has 6 heteroatoms. The summed E-state index contributed by atoms with van der Waals surface area (Å²) in [6.07, 6.45) is 3.61. The van der Waals surface area contributed by atoms with Crippen LogP contribution in [0.15, 0.2) is 59.3 Å². The second-order valence-corrected chi connectivity index (χ2v) is 6.38. The molecule has 0 saturated carbocycles. The minimum Gasteiger partial charge on any atom is -0.322 e. The first-order chi connectivity index (χ1) is 11.5. The average Bonchev–Trinajstić information content (AvgIpc) is 2.96. The Hall–Kier alpha value is -2.47. The summed E-state index contributed by atoms with van der Waals surface area (Å²) in [4.78, 5) is 12.3. The molecule has 122 valence electrons. The fraction of sp³-hybridized carbons (Fsp3) is 0.111. The van der Waals surface area contributed by atoms with Crippen molar-refractivity contribution in [1.82, 2.24) is 9.78 Å². The molecule has 0 spiro atoms. The number of halogens is 2. The van der Waals surface area contributed by atoms with Crippen LogP contribution in [-0.2, 0) is 6.54 Å². The van der Waals surface area contributed by atoms with E-state index < -0.39 is 0 Å². The zero-order chi connectivity index (χ0) is 17.1. The number of aryl methyl sites for hydroxylation is 1. The highest BCUT2D eigenvalue weighted by Gasteiger charge is 2.09. The number of nitrogens with one attached hydrogen (secondary N) is 1. The Morgan fingerprint density at radius 2 is 2.00 bits per heavy atom. The van der Waals surface area contributed by atoms with Crippen molar-refractivity contribution >= 4 is 27.5 Å². The Balaban J connectivity index is 1.70. The molecule has 0 radical (unpaired) electrons. The number of hydrogen-bond acceptors (Lipinski definition) is 2. The van der Waals surface area contributed by atoms with Crippen LogP contribution in [0.3, 0.4) is 0 Å². The van der Waals surface area contributed by atoms with Crippen LogP contribution in [-0.4, -0.2) is 15.7 Å². The summed E-state index contributed by atoms with van der Waals surface area (Å²) >= 11 is 3.36. The number of benzene rings is 2. The number of carbonyl (C=O) groups excluding carboxylic acids is 1. The topological polar surface area (TPSA) is 46.9 Å². The quantitative estimate of drug-likeness (QED) is 0.721. The summed E-state index contributed by atoms with van der Waals surface area (Å²) in [6, 6.07) is 11.6. The lowest BCUT2D eigenvalue weighted by Gasteiger charge is -2.09. The molecule has 2 aromatic carbocycles. The zero-order valence-electron chi connectivity index (χ0n) is 13.0. The fourth-order valence-corrected chi connectivity index (χ4v) is 2.62. The Labute approximate surface area is 147 Å². The molecule has 0 aliphatic heterocycles. The molecule has 3 rings (SSSR count). The van der Waals surface area contributed by atoms with Crippen molar-refractivity contribution in [2.24, 2.45) is 0 Å². The van der Waals surface area contributed by atoms with Gasteiger partial charge < -0.3 is 5.32 Å². The van der Waals surface area contributed by atoms with Crippen LogP contribution >= 0.6 is 15.9 Å². The number of rotatable bonds is 4. The summed E-state index contributed by atoms with van der Waals surface area (Å²) in [6.45, 7) is 2.44. The van der Waals surface area contributed by atoms with Gasteiger partial charge in [-0.3, -0.25) is 9.48 Å². The monoisotopic (exact) mass is 387 g/mol. The summed E-state index contributed by atoms with van der Waals surface area (Å²) in [7, 11) is 0. The van der Waals surface area contributed by atoms with Crippen molar-refractivity contribution in [1.29, 1.82) is 0 Å². The summed E-state index contributed by atoms with van der Waals surface area (Å²) in [5.74, 6) is -0.645. The van der Waals surface area contributed by atoms with Gasteiger partial charge in [-0.15, -0.1) is 0 Å². The highest BCUT2D eigenvalue weighted by atomic mass is 79.9. The van der Waals surface area contributed by atoms with Gasteiger partial charge in [0.15, 0.2) is 0 Å². The molecular formula is C18H15BrFN3O. The van der Waals surface area contributed by atoms with E-state index >= 15 is 0 Å². The number of carbonyl (C=O) groups is 1. The molecule has 1 aromatic heterocycles. The predicted molar refractivity (Wildman–Crippen MR) is 94.6 cm³/mol. The maximum absolute atomic E-state index is 13.3. The van der Waals surface area contributed by atoms with Gasteiger partial charge in [-0.2, -0.15) is 5.10 Å². The van der Waals surface area contributed by atoms with Crippen LogP contribution in [0.1, 0.15) is 21.5 Å². The molecule has 1 N–H and O–H groups in total. The first-order valence-corrected chi connectivity index (χ1v) is 8.15. The molecule has 4 nitrogen and oxygen atoms in total. The normalized spacial score (nSPS) is 10.6. The van der Waals surface area contributed by atoms with E-state index in [0.29, 0.717) is 17.8 Å². The third-order valence-electron chi connectivity index (χ3n) is 3.61. The standard InChI is InChI=1S/C18H15BrFN3O/c1-12-2-7-16(20)8-17(12)22-18(24)14-5-3-13(4-6-14)10-23-11-15(19)9-21-23/h2-9,11H,10H2,1H3,(H,22,24). The maximum atomic E-state index is 13.3. The molecule has 0 aliphatic carbocycles. The second-order valence-electron chi connectivity index (χ2n) is 5.47. The van der Waals surface area contributed by atoms with Gasteiger partial charge >= 0.3 is 0 Å². The second kappa shape index (κ2) is 6.97. The van der Waals surface area contributed by atoms with Crippen molar-refractivity contribution in [2.45, 2.75) is 13.5 Å². The molecule has 0 atom stereocenters. The first-order valence-electron chi connectivity index (χ1n) is 7.36. The van der Waals surface area contributed by atoms with Gasteiger partial charge in [0.25, 0.3) is 5.91 Å². The third kappa shape index (κ3) is 3.89. The predicted octanol–water partition coefficient (Wildman–Crippen LogP) is 4.39. The van der Waals surface area contributed by atoms with E-state index in [1.165, 1.54) is 12.1 Å². The minimum absolute atomic E-state index is 0.267. The van der Waals surface area contributed by atoms with E-state index in [0.717, 1.165) is 15.6 Å². The number of anilines is 1. The lowest BCUT2D eigenvalue weighted by atomic mass is 10.1. The van der Waals surface area contributed by atoms with Crippen LogP contribution in [0.25, 0.3) is 0 Å². The molecule has 1 amide bonds. The van der Waals surface area contributed by atoms with Gasteiger partial charge in [0.1, 0.15) is 5.82 Å². The number of nitrogens with zero attached hydrogens (tertiary/aromatic N) is 2. The van der Waals surface area contributed by atoms with Gasteiger partial charge in [-0.05, 0) is 58.2 Å². The average molecular weight is 388 g/mol. The molecule has 0 unspecified atom stereocenters. The smallest absolute Gasteiger partial charge is 0.255 e. The van der Waals surface area contributed by atoms with Crippen molar-refractivity contribution in [3.63, 3.8) is 0 Å². The maximum Gasteiger partial charge on any atom is 0.255 e. The Morgan fingerprint density at radius 1 is 1.25 bits per heavy atom. The Kier molecular flexibility index (Phi) is 4.76. The number of aromatic nitrogens is 2. The minimum atomic E-state index is -0.378. The highest BCUT2D eigenvalue weighted by molar-refractivity contribution is 9.10. The van der Waals surface area contributed by atoms with Crippen LogP contribution in [0.2, 0.25) is 0 Å². The molecule has 0 bridgehead atoms. The van der Waals surface area contributed by atoms with Crippen molar-refractivity contribution in [3.05, 3.63) is 81.8 Å². The van der Waals surface area contributed by atoms with E-state index in [1.807, 2.05) is 25.3 Å². The van der Waals surface area contributed by atoms with Crippen LogP contribution in [0, 0.1) is 12.7 Å². The number of amides is 1. The summed E-state index contributed by atoms with van der Waals surface area (Å²) in [5.41, 5.74) is 2.84. The molecule has 1 heterocycles. The van der Waals surface area contributed by atoms with Gasteiger partial charge in [-0.25, -0.2) is 4.39 Å². The Bertz CT molecular complexity index is 874. The summed E-state index contributed by atoms with van der Waals surface area (Å²) in [5, 5.41) is 6.93. The van der Waals surface area contributed by atoms with Gasteiger partial charge in [0.2, 0.25) is 0 Å². The number of hydrogen-bond donors (Lipinski definition) is 1. The van der Waals surface area contributed by atoms with Crippen molar-refractivity contribution < 1.29 is 9.18 Å². The molecule has 3 aromatic rings. The Morgan fingerprint density at radius 3 is 2.67 bits per heavy atom. The molecule has 0 saturated heterocycles. The first kappa shape index (κ1) is 16.4. The largest absolute Gasteiger partial charge is 0.322 e. The lowest BCUT2D eigenvalue weighted by molar-refractivity contribution is 0.102. The van der Waals surface area contributed by atoms with E-state index in [4.69, 9.17) is 0 Å². The SMILES string of the molecule is Cc1ccc(F)cc1NC(=O)c1ccc(Cn2cc(Br)cn2)cc1. The van der Waals surface area contributed by atoms with E-state index in [-0.39, 0.29) is 11.7 Å². The van der Waals surface area contributed by atoms with Crippen LogP contribution < -0.4 is 5.32 Å². The van der Waals surface area contributed by atoms with E-state index in [9.17, 15) is 9.18 Å². The molecule has 0 fully saturated rings. The van der Waals surface area contributed by atoms with Gasteiger partial charge in [0.05, 0.1) is 17.2 Å². The van der Waals surface area contributed by atoms with Gasteiger partial charge in [-0.1, -0.05) is 18.2 Å². The van der Waals surface area contributed by atoms with Crippen LogP contribution in [0.5, 0.6) is 0 Å². The molecular weight excluding hydrogens is 373 g/mol. The molecule has 24 heavy (non-hydrogen) atoms. The third-order valence-corrected chi connectivity index (χ3v) is 4.02. The zero-order valence-corrected chi connectivity index (χ0v) is 14.5. The van der Waals surface area contributed by atoms with Crippen molar-refractivity contribution in [2.75, 3.05) is 5.32 Å². The fourth-order valence-electron chi connectivity index (χ4n) is 2.30. The van der Waals surface area contributed by atoms with Crippen molar-refractivity contribution in [3.8, 4) is 0 Å². The van der Waals surface area contributed by atoms with E-state index in [1.54, 1.807) is 29.1 Å². The molecule has 0 aliphatic rings.